The van der Waals surface area contributed by atoms with E-state index in [1.165, 1.54) is 24.5 Å². The van der Waals surface area contributed by atoms with Gasteiger partial charge in [-0.05, 0) is 75.3 Å². The van der Waals surface area contributed by atoms with Crippen LogP contribution in [0, 0.1) is 25.2 Å². The van der Waals surface area contributed by atoms with E-state index in [1.807, 2.05) is 26.0 Å². The summed E-state index contributed by atoms with van der Waals surface area (Å²) in [6.45, 7) is 3.73. The Hall–Kier alpha value is -2.62. The van der Waals surface area contributed by atoms with Crippen molar-refractivity contribution in [3.63, 3.8) is 0 Å². The number of ether oxygens (including phenoxy) is 1. The Morgan fingerprint density at radius 3 is 2.33 bits per heavy atom. The molecule has 36 heavy (non-hydrogen) atoms. The van der Waals surface area contributed by atoms with E-state index < -0.39 is 43.4 Å². The summed E-state index contributed by atoms with van der Waals surface area (Å²) in [6.07, 6.45) is -3.73. The van der Waals surface area contributed by atoms with Gasteiger partial charge in [0, 0.05) is 16.9 Å². The van der Waals surface area contributed by atoms with Crippen LogP contribution in [0.2, 0.25) is 0 Å². The van der Waals surface area contributed by atoms with E-state index in [0.29, 0.717) is 36.8 Å². The number of hydrogen-bond acceptors (Lipinski definition) is 6. The average Bonchev–Trinajstić information content (AvgIpc) is 3.23. The lowest BCUT2D eigenvalue weighted by atomic mass is 10.0. The third-order valence-electron chi connectivity index (χ3n) is 6.36. The summed E-state index contributed by atoms with van der Waals surface area (Å²) in [5.41, 5.74) is -0.744. The Bertz CT molecular complexity index is 1280. The zero-order valence-corrected chi connectivity index (χ0v) is 21.6. The first-order valence-electron chi connectivity index (χ1n) is 11.2. The summed E-state index contributed by atoms with van der Waals surface area (Å²) < 4.78 is 72.2. The van der Waals surface area contributed by atoms with Crippen molar-refractivity contribution < 1.29 is 36.2 Å². The number of amides is 1. The molecule has 4 rings (SSSR count). The molecule has 1 amide bonds. The summed E-state index contributed by atoms with van der Waals surface area (Å²) in [6, 6.07) is 7.26. The van der Waals surface area contributed by atoms with Gasteiger partial charge in [-0.3, -0.25) is 0 Å². The second-order valence-electron chi connectivity index (χ2n) is 9.00. The summed E-state index contributed by atoms with van der Waals surface area (Å²) in [5, 5.41) is 17.8. The summed E-state index contributed by atoms with van der Waals surface area (Å²) in [4.78, 5) is 11.2. The number of thiophene rings is 1. The third kappa shape index (κ3) is 6.19. The van der Waals surface area contributed by atoms with E-state index in [4.69, 9.17) is 15.1 Å². The molecule has 2 aliphatic carbocycles. The lowest BCUT2D eigenvalue weighted by Crippen LogP contribution is -2.33. The van der Waals surface area contributed by atoms with E-state index in [0.717, 1.165) is 21.9 Å². The zero-order chi connectivity index (χ0) is 26.9. The van der Waals surface area contributed by atoms with Crippen molar-refractivity contribution in [2.45, 2.75) is 73.9 Å². The second kappa shape index (κ2) is 10.4. The van der Waals surface area contributed by atoms with Gasteiger partial charge in [-0.2, -0.15) is 18.4 Å². The molecule has 2 aliphatic rings. The zero-order valence-electron chi connectivity index (χ0n) is 20.0. The topological polar surface area (TPSA) is 116 Å². The number of nitrogens with one attached hydrogen (secondary N) is 1. The van der Waals surface area contributed by atoms with Crippen LogP contribution in [0.3, 0.4) is 0 Å². The number of sulfone groups is 1. The standard InChI is InChI=1S/C19H21F3O3S2.C5H6N2O2/c1-11-8-16(12(2)26-11)13-4-7-18(17(9-13)19(20,21)22)27(23,24)15-6-5-14(10-15)25-3;6-3-5(1-2-5)7-4(8)9/h4,7-9,14-15H,5-6,10H2,1-3H3;7H,1-2H2,(H,8,9)/t14-,15-;/m1./s1. The molecule has 2 saturated carbocycles. The minimum absolute atomic E-state index is 0.223. The van der Waals surface area contributed by atoms with Gasteiger partial charge in [0.05, 0.1) is 27.9 Å². The fourth-order valence-electron chi connectivity index (χ4n) is 4.26. The summed E-state index contributed by atoms with van der Waals surface area (Å²) >= 11 is 1.50. The minimum Gasteiger partial charge on any atom is -0.465 e. The van der Waals surface area contributed by atoms with Crippen molar-refractivity contribution >= 4 is 27.3 Å². The highest BCUT2D eigenvalue weighted by atomic mass is 32.2. The van der Waals surface area contributed by atoms with Gasteiger partial charge in [-0.25, -0.2) is 13.2 Å². The fraction of sp³-hybridized carbons (Fsp3) is 0.500. The molecule has 12 heteroatoms. The van der Waals surface area contributed by atoms with Gasteiger partial charge in [0.1, 0.15) is 5.54 Å². The van der Waals surface area contributed by atoms with Crippen LogP contribution >= 0.6 is 11.3 Å². The van der Waals surface area contributed by atoms with E-state index in [1.54, 1.807) is 0 Å². The van der Waals surface area contributed by atoms with Crippen LogP contribution in [0.25, 0.3) is 11.1 Å². The van der Waals surface area contributed by atoms with Gasteiger partial charge in [0.15, 0.2) is 9.84 Å². The molecule has 1 aromatic heterocycles. The summed E-state index contributed by atoms with van der Waals surface area (Å²) in [7, 11) is -2.61. The van der Waals surface area contributed by atoms with Crippen LogP contribution in [-0.4, -0.2) is 43.6 Å². The van der Waals surface area contributed by atoms with Gasteiger partial charge in [0.2, 0.25) is 0 Å². The van der Waals surface area contributed by atoms with Crippen LogP contribution < -0.4 is 5.32 Å². The molecule has 1 heterocycles. The Kier molecular flexibility index (Phi) is 8.07. The van der Waals surface area contributed by atoms with Crippen molar-refractivity contribution in [3.8, 4) is 17.2 Å². The van der Waals surface area contributed by atoms with Gasteiger partial charge in [-0.15, -0.1) is 11.3 Å². The molecular weight excluding hydrogens is 517 g/mol. The number of nitriles is 1. The Labute approximate surface area is 211 Å². The van der Waals surface area contributed by atoms with Gasteiger partial charge >= 0.3 is 12.3 Å². The first-order chi connectivity index (χ1) is 16.7. The molecule has 2 aromatic rings. The number of methoxy groups -OCH3 is 1. The molecular formula is C24H27F3N2O5S2. The third-order valence-corrected chi connectivity index (χ3v) is 9.60. The highest BCUT2D eigenvalue weighted by molar-refractivity contribution is 7.92. The molecule has 196 valence electrons. The second-order valence-corrected chi connectivity index (χ2v) is 12.7. The van der Waals surface area contributed by atoms with Gasteiger partial charge < -0.3 is 15.2 Å². The number of hydrogen-bond donors (Lipinski definition) is 2. The van der Waals surface area contributed by atoms with E-state index in [9.17, 15) is 26.4 Å². The van der Waals surface area contributed by atoms with E-state index >= 15 is 0 Å². The maximum Gasteiger partial charge on any atom is 0.417 e. The molecule has 1 aromatic carbocycles. The minimum atomic E-state index is -4.75. The lowest BCUT2D eigenvalue weighted by Gasteiger charge is -2.18. The number of rotatable bonds is 5. The molecule has 7 nitrogen and oxygen atoms in total. The van der Waals surface area contributed by atoms with Crippen molar-refractivity contribution in [1.82, 2.24) is 5.32 Å². The first-order valence-corrected chi connectivity index (χ1v) is 13.6. The van der Waals surface area contributed by atoms with Gasteiger partial charge in [-0.1, -0.05) is 6.07 Å². The molecule has 2 atom stereocenters. The monoisotopic (exact) mass is 544 g/mol. The molecule has 0 aliphatic heterocycles. The quantitative estimate of drug-likeness (QED) is 0.499. The number of alkyl halides is 3. The van der Waals surface area contributed by atoms with Crippen molar-refractivity contribution in [3.05, 3.63) is 39.6 Å². The number of nitrogens with zero attached hydrogens (tertiary/aromatic N) is 1. The molecule has 0 spiro atoms. The molecule has 2 fully saturated rings. The molecule has 0 radical (unpaired) electrons. The van der Waals surface area contributed by atoms with Crippen LogP contribution in [0.15, 0.2) is 29.2 Å². The fourth-order valence-corrected chi connectivity index (χ4v) is 7.21. The Morgan fingerprint density at radius 2 is 1.92 bits per heavy atom. The van der Waals surface area contributed by atoms with Gasteiger partial charge in [0.25, 0.3) is 0 Å². The SMILES string of the molecule is CO[C@@H]1CC[C@@H](S(=O)(=O)c2ccc(-c3cc(C)sc3C)cc2C(F)(F)F)C1.N#CC1(NC(=O)O)CC1. The van der Waals surface area contributed by atoms with Crippen molar-refractivity contribution in [2.75, 3.05) is 7.11 Å². The number of carbonyl (C=O) groups is 1. The maximum absolute atomic E-state index is 13.7. The number of benzene rings is 1. The lowest BCUT2D eigenvalue weighted by molar-refractivity contribution is -0.139. The van der Waals surface area contributed by atoms with Crippen LogP contribution in [0.4, 0.5) is 18.0 Å². The van der Waals surface area contributed by atoms with Crippen molar-refractivity contribution in [2.24, 2.45) is 0 Å². The molecule has 0 bridgehead atoms. The molecule has 0 saturated heterocycles. The van der Waals surface area contributed by atoms with Crippen molar-refractivity contribution in [1.29, 1.82) is 5.26 Å². The molecule has 0 unspecified atom stereocenters. The smallest absolute Gasteiger partial charge is 0.417 e. The number of carboxylic acid groups (broad SMARTS) is 1. The van der Waals surface area contributed by atoms with Crippen LogP contribution in [0.5, 0.6) is 0 Å². The highest BCUT2D eigenvalue weighted by Gasteiger charge is 2.45. The normalized spacial score (nSPS) is 20.7. The Morgan fingerprint density at radius 1 is 1.25 bits per heavy atom. The predicted molar refractivity (Wildman–Crippen MR) is 129 cm³/mol. The molecule has 2 N–H and O–H groups in total. The highest BCUT2D eigenvalue weighted by Crippen LogP contribution is 2.41. The first kappa shape index (κ1) is 28.0. The Balaban J connectivity index is 0.000000338. The van der Waals surface area contributed by atoms with Crippen LogP contribution in [-0.2, 0) is 20.8 Å². The number of aryl methyl sites for hydroxylation is 2. The van der Waals surface area contributed by atoms with E-state index in [-0.39, 0.29) is 12.5 Å². The largest absolute Gasteiger partial charge is 0.465 e. The van der Waals surface area contributed by atoms with Crippen LogP contribution in [0.1, 0.15) is 47.4 Å². The average molecular weight is 545 g/mol. The summed E-state index contributed by atoms with van der Waals surface area (Å²) in [5.74, 6) is 0. The number of halogens is 3. The van der Waals surface area contributed by atoms with E-state index in [2.05, 4.69) is 5.32 Å². The maximum atomic E-state index is 13.7. The predicted octanol–water partition coefficient (Wildman–Crippen LogP) is 5.70.